The van der Waals surface area contributed by atoms with E-state index >= 15 is 0 Å². The van der Waals surface area contributed by atoms with Crippen molar-refractivity contribution in [3.8, 4) is 0 Å². The van der Waals surface area contributed by atoms with E-state index in [0.29, 0.717) is 5.92 Å². The average molecular weight is 197 g/mol. The number of rotatable bonds is 6. The second kappa shape index (κ2) is 5.78. The number of nitrogens with zero attached hydrogens (tertiary/aromatic N) is 2. The summed E-state index contributed by atoms with van der Waals surface area (Å²) in [5.41, 5.74) is 1.19. The van der Waals surface area contributed by atoms with Gasteiger partial charge in [0.1, 0.15) is 0 Å². The van der Waals surface area contributed by atoms with E-state index < -0.39 is 0 Å². The number of nitrogens with one attached hydrogen (secondary N) is 1. The van der Waals surface area contributed by atoms with Crippen LogP contribution in [-0.4, -0.2) is 28.0 Å². The first-order valence-corrected chi connectivity index (χ1v) is 5.09. The normalized spacial score (nSPS) is 13.1. The Bertz CT molecular complexity index is 260. The summed E-state index contributed by atoms with van der Waals surface area (Å²) in [6.07, 6.45) is 3.91. The quantitative estimate of drug-likeness (QED) is 0.703. The lowest BCUT2D eigenvalue weighted by molar-refractivity contribution is 0.233. The first-order valence-electron chi connectivity index (χ1n) is 5.09. The largest absolute Gasteiger partial charge is 0.396 e. The molecule has 1 aromatic rings. The lowest BCUT2D eigenvalue weighted by Gasteiger charge is -2.07. The highest BCUT2D eigenvalue weighted by Crippen LogP contribution is 1.97. The maximum absolute atomic E-state index is 8.82. The minimum atomic E-state index is 0.237. The molecule has 1 rings (SSSR count). The summed E-state index contributed by atoms with van der Waals surface area (Å²) in [6.45, 7) is 6.90. The van der Waals surface area contributed by atoms with Crippen molar-refractivity contribution in [1.82, 2.24) is 15.1 Å². The number of aliphatic hydroxyl groups is 1. The van der Waals surface area contributed by atoms with Gasteiger partial charge in [-0.15, -0.1) is 0 Å². The fourth-order valence-corrected chi connectivity index (χ4v) is 1.20. The fourth-order valence-electron chi connectivity index (χ4n) is 1.20. The molecule has 1 aromatic heterocycles. The highest BCUT2D eigenvalue weighted by Gasteiger charge is 2.00. The van der Waals surface area contributed by atoms with E-state index in [1.165, 1.54) is 5.56 Å². The number of aryl methyl sites for hydroxylation is 1. The topological polar surface area (TPSA) is 50.1 Å². The van der Waals surface area contributed by atoms with Gasteiger partial charge >= 0.3 is 0 Å². The molecule has 2 N–H and O–H groups in total. The molecule has 14 heavy (non-hydrogen) atoms. The molecule has 80 valence electrons. The van der Waals surface area contributed by atoms with E-state index in [1.807, 2.05) is 24.0 Å². The molecule has 0 saturated heterocycles. The first-order chi connectivity index (χ1) is 6.76. The molecule has 0 radical (unpaired) electrons. The van der Waals surface area contributed by atoms with E-state index in [1.54, 1.807) is 0 Å². The van der Waals surface area contributed by atoms with Gasteiger partial charge in [0.25, 0.3) is 0 Å². The highest BCUT2D eigenvalue weighted by molar-refractivity contribution is 5.03. The minimum Gasteiger partial charge on any atom is -0.396 e. The van der Waals surface area contributed by atoms with Crippen molar-refractivity contribution < 1.29 is 5.11 Å². The lowest BCUT2D eigenvalue weighted by atomic mass is 10.2. The Kier molecular flexibility index (Phi) is 4.62. The SMILES string of the molecule is CCn1cc(CNCC(C)CO)cn1. The smallest absolute Gasteiger partial charge is 0.0534 e. The van der Waals surface area contributed by atoms with E-state index in [0.717, 1.165) is 19.6 Å². The number of aromatic nitrogens is 2. The van der Waals surface area contributed by atoms with E-state index in [-0.39, 0.29) is 6.61 Å². The summed E-state index contributed by atoms with van der Waals surface area (Å²) in [7, 11) is 0. The maximum atomic E-state index is 8.82. The zero-order valence-corrected chi connectivity index (χ0v) is 8.90. The molecule has 0 aliphatic heterocycles. The van der Waals surface area contributed by atoms with Gasteiger partial charge in [-0.25, -0.2) is 0 Å². The second-order valence-corrected chi connectivity index (χ2v) is 3.62. The predicted molar refractivity (Wildman–Crippen MR) is 55.9 cm³/mol. The Morgan fingerprint density at radius 1 is 1.64 bits per heavy atom. The Hall–Kier alpha value is -0.870. The Morgan fingerprint density at radius 3 is 3.00 bits per heavy atom. The van der Waals surface area contributed by atoms with Crippen LogP contribution in [0.4, 0.5) is 0 Å². The Balaban J connectivity index is 2.24. The van der Waals surface area contributed by atoms with Crippen molar-refractivity contribution in [3.05, 3.63) is 18.0 Å². The van der Waals surface area contributed by atoms with Crippen molar-refractivity contribution in [2.24, 2.45) is 5.92 Å². The molecule has 0 amide bonds. The zero-order chi connectivity index (χ0) is 10.4. The van der Waals surface area contributed by atoms with Gasteiger partial charge in [-0.3, -0.25) is 4.68 Å². The molecule has 0 saturated carbocycles. The van der Waals surface area contributed by atoms with Crippen LogP contribution in [0, 0.1) is 5.92 Å². The number of hydrogen-bond donors (Lipinski definition) is 2. The summed E-state index contributed by atoms with van der Waals surface area (Å²) >= 11 is 0. The van der Waals surface area contributed by atoms with Crippen molar-refractivity contribution in [2.45, 2.75) is 26.9 Å². The van der Waals surface area contributed by atoms with Gasteiger partial charge in [0.05, 0.1) is 6.20 Å². The van der Waals surface area contributed by atoms with Crippen LogP contribution in [-0.2, 0) is 13.1 Å². The maximum Gasteiger partial charge on any atom is 0.0534 e. The van der Waals surface area contributed by atoms with Gasteiger partial charge < -0.3 is 10.4 Å². The fraction of sp³-hybridized carbons (Fsp3) is 0.700. The molecule has 0 spiro atoms. The van der Waals surface area contributed by atoms with Gasteiger partial charge in [-0.05, 0) is 12.8 Å². The molecule has 1 unspecified atom stereocenters. The van der Waals surface area contributed by atoms with E-state index in [9.17, 15) is 0 Å². The zero-order valence-electron chi connectivity index (χ0n) is 8.90. The number of hydrogen-bond acceptors (Lipinski definition) is 3. The highest BCUT2D eigenvalue weighted by atomic mass is 16.3. The Labute approximate surface area is 84.9 Å². The molecule has 4 nitrogen and oxygen atoms in total. The van der Waals surface area contributed by atoms with E-state index in [2.05, 4.69) is 17.3 Å². The first kappa shape index (κ1) is 11.2. The minimum absolute atomic E-state index is 0.237. The predicted octanol–water partition coefficient (Wildman–Crippen LogP) is 0.621. The van der Waals surface area contributed by atoms with Gasteiger partial charge in [-0.1, -0.05) is 6.92 Å². The molecule has 0 aliphatic carbocycles. The van der Waals surface area contributed by atoms with Gasteiger partial charge in [0.15, 0.2) is 0 Å². The van der Waals surface area contributed by atoms with Crippen LogP contribution in [0.1, 0.15) is 19.4 Å². The van der Waals surface area contributed by atoms with Crippen LogP contribution >= 0.6 is 0 Å². The van der Waals surface area contributed by atoms with Gasteiger partial charge in [0, 0.05) is 38.0 Å². The molecular weight excluding hydrogens is 178 g/mol. The molecule has 0 fully saturated rings. The van der Waals surface area contributed by atoms with Crippen molar-refractivity contribution in [2.75, 3.05) is 13.2 Å². The van der Waals surface area contributed by atoms with Crippen LogP contribution in [0.3, 0.4) is 0 Å². The van der Waals surface area contributed by atoms with Crippen molar-refractivity contribution in [1.29, 1.82) is 0 Å². The van der Waals surface area contributed by atoms with Crippen LogP contribution < -0.4 is 5.32 Å². The summed E-state index contributed by atoms with van der Waals surface area (Å²) in [5.74, 6) is 0.316. The van der Waals surface area contributed by atoms with Gasteiger partial charge in [-0.2, -0.15) is 5.10 Å². The third-order valence-corrected chi connectivity index (χ3v) is 2.14. The molecule has 0 bridgehead atoms. The van der Waals surface area contributed by atoms with Crippen LogP contribution in [0.2, 0.25) is 0 Å². The van der Waals surface area contributed by atoms with Crippen LogP contribution in [0.5, 0.6) is 0 Å². The summed E-state index contributed by atoms with van der Waals surface area (Å²) in [4.78, 5) is 0. The summed E-state index contributed by atoms with van der Waals surface area (Å²) < 4.78 is 1.91. The molecule has 0 aliphatic rings. The standard InChI is InChI=1S/C10H19N3O/c1-3-13-7-10(6-12-13)5-11-4-9(2)8-14/h6-7,9,11,14H,3-5,8H2,1-2H3. The van der Waals surface area contributed by atoms with Crippen LogP contribution in [0.25, 0.3) is 0 Å². The van der Waals surface area contributed by atoms with Crippen molar-refractivity contribution in [3.63, 3.8) is 0 Å². The average Bonchev–Trinajstić information content (AvgIpc) is 2.65. The van der Waals surface area contributed by atoms with Crippen LogP contribution in [0.15, 0.2) is 12.4 Å². The molecule has 1 atom stereocenters. The lowest BCUT2D eigenvalue weighted by Crippen LogP contribution is -2.22. The molecule has 0 aromatic carbocycles. The molecule has 4 heteroatoms. The summed E-state index contributed by atoms with van der Waals surface area (Å²) in [6, 6.07) is 0. The van der Waals surface area contributed by atoms with Crippen molar-refractivity contribution >= 4 is 0 Å². The Morgan fingerprint density at radius 2 is 2.43 bits per heavy atom. The monoisotopic (exact) mass is 197 g/mol. The van der Waals surface area contributed by atoms with Gasteiger partial charge in [0.2, 0.25) is 0 Å². The third kappa shape index (κ3) is 3.47. The number of aliphatic hydroxyl groups excluding tert-OH is 1. The molecular formula is C10H19N3O. The molecule has 1 heterocycles. The van der Waals surface area contributed by atoms with E-state index in [4.69, 9.17) is 5.11 Å². The third-order valence-electron chi connectivity index (χ3n) is 2.14. The second-order valence-electron chi connectivity index (χ2n) is 3.62. The summed E-state index contributed by atoms with van der Waals surface area (Å²) in [5, 5.41) is 16.3.